The Kier molecular flexibility index (Phi) is 15.1. The van der Waals surface area contributed by atoms with Crippen LogP contribution in [-0.4, -0.2) is 7.39 Å². The summed E-state index contributed by atoms with van der Waals surface area (Å²) in [5.41, 5.74) is 10.7. The first-order valence-corrected chi connectivity index (χ1v) is 23.0. The van der Waals surface area contributed by atoms with Crippen molar-refractivity contribution in [2.75, 3.05) is 0 Å². The van der Waals surface area contributed by atoms with Crippen LogP contribution >= 0.6 is 37.2 Å². The summed E-state index contributed by atoms with van der Waals surface area (Å²) < 4.78 is 5.25. The van der Waals surface area contributed by atoms with Crippen LogP contribution in [0.15, 0.2) is 76.2 Å². The van der Waals surface area contributed by atoms with Crippen molar-refractivity contribution in [3.05, 3.63) is 110 Å². The summed E-state index contributed by atoms with van der Waals surface area (Å²) in [5.74, 6) is 0. The van der Waals surface area contributed by atoms with Crippen LogP contribution in [0, 0.1) is 13.8 Å². The Balaban J connectivity index is 0.00000323. The topological polar surface area (TPSA) is 0 Å². The average Bonchev–Trinajstić information content (AvgIpc) is 3.39. The zero-order chi connectivity index (χ0) is 30.2. The molecule has 0 nitrogen and oxygen atoms in total. The molecular formula is C39H57Cl3SiTi. The molecular weight excluding hydrogens is 651 g/mol. The first-order chi connectivity index (χ1) is 19.2. The van der Waals surface area contributed by atoms with Crippen molar-refractivity contribution in [2.24, 2.45) is 0 Å². The van der Waals surface area contributed by atoms with Crippen molar-refractivity contribution in [3.8, 4) is 0 Å². The van der Waals surface area contributed by atoms with Gasteiger partial charge >= 0.3 is 258 Å². The number of rotatable bonds is 8. The van der Waals surface area contributed by atoms with E-state index in [0.717, 1.165) is 25.7 Å². The Morgan fingerprint density at radius 1 is 0.614 bits per heavy atom. The Bertz CT molecular complexity index is 1420. The van der Waals surface area contributed by atoms with E-state index < -0.39 is 23.2 Å². The third-order valence-corrected chi connectivity index (χ3v) is 26.5. The molecule has 3 aromatic rings. The zero-order valence-electron chi connectivity index (χ0n) is 29.1. The van der Waals surface area contributed by atoms with Crippen LogP contribution in [0.2, 0.25) is 0 Å². The number of aryl methyl sites for hydroxylation is 4. The molecule has 0 saturated carbocycles. The van der Waals surface area contributed by atoms with E-state index in [0.29, 0.717) is 0 Å². The first kappa shape index (κ1) is 41.0. The van der Waals surface area contributed by atoms with Crippen LogP contribution in [0.1, 0.15) is 109 Å². The molecule has 0 fully saturated rings. The number of allylic oxidation sites excluding steroid dienone is 4. The van der Waals surface area contributed by atoms with Gasteiger partial charge in [0, 0.05) is 0 Å². The molecule has 242 valence electrons. The number of hydrogen-bond acceptors (Lipinski definition) is 0. The van der Waals surface area contributed by atoms with Crippen LogP contribution < -0.4 is 12.9 Å². The Morgan fingerprint density at radius 2 is 1.09 bits per heavy atom. The van der Waals surface area contributed by atoms with Crippen LogP contribution in [0.5, 0.6) is 0 Å². The molecule has 0 spiro atoms. The van der Waals surface area contributed by atoms with E-state index in [1.807, 2.05) is 3.88 Å². The molecule has 0 bridgehead atoms. The predicted octanol–water partition coefficient (Wildman–Crippen LogP) is 9.43. The van der Waals surface area contributed by atoms with Crippen molar-refractivity contribution in [3.63, 3.8) is 0 Å². The van der Waals surface area contributed by atoms with Gasteiger partial charge in [-0.2, -0.15) is 0 Å². The molecule has 0 N–H and O–H groups in total. The van der Waals surface area contributed by atoms with Gasteiger partial charge in [0.2, 0.25) is 0 Å². The maximum absolute atomic E-state index is 3.12. The summed E-state index contributed by atoms with van der Waals surface area (Å²) in [6.45, 7) is 26.0. The minimum absolute atomic E-state index is 0. The fourth-order valence-corrected chi connectivity index (χ4v) is 25.0. The van der Waals surface area contributed by atoms with E-state index in [1.165, 1.54) is 33.4 Å². The maximum atomic E-state index is 2.69. The van der Waals surface area contributed by atoms with Gasteiger partial charge < -0.3 is 0 Å². The van der Waals surface area contributed by atoms with Gasteiger partial charge in [-0.15, -0.1) is 37.2 Å². The maximum Gasteiger partial charge on any atom is -0.147 e. The molecule has 4 rings (SSSR count). The van der Waals surface area contributed by atoms with Gasteiger partial charge in [0.25, 0.3) is 0 Å². The average molecular weight is 708 g/mol. The molecule has 1 aliphatic rings. The van der Waals surface area contributed by atoms with E-state index >= 15 is 0 Å². The molecule has 1 atom stereocenters. The van der Waals surface area contributed by atoms with Gasteiger partial charge in [0.1, 0.15) is 0 Å². The largest absolute Gasteiger partial charge is 0.147 e. The standard InChI is InChI=1S/C14H21.C10H13.C8H11Si.C7H9.3ClH.Ti/c1-13(2,3)11-8-7-9-12(10-11)14(4,5)6;1-3-9-6-5-7-10(4-2)8-9;1-6-3-7(2)5-8(9)4-6;1-2-7-5-3-4-6-7;;;;/h8-10H,1-6H3;6-8H,3-4H2,1-2H3;3-5H,9H2,1-2H3;3,5H,2,4H2,1H3;3*1H;. The second kappa shape index (κ2) is 16.2. The van der Waals surface area contributed by atoms with E-state index in [1.54, 1.807) is 18.5 Å². The molecule has 5 heteroatoms. The summed E-state index contributed by atoms with van der Waals surface area (Å²) in [6, 6.07) is 23.1. The quantitative estimate of drug-likeness (QED) is 0.205. The van der Waals surface area contributed by atoms with Crippen molar-refractivity contribution in [2.45, 2.75) is 113 Å². The first-order valence-electron chi connectivity index (χ1n) is 16.0. The second-order valence-electron chi connectivity index (χ2n) is 14.6. The van der Waals surface area contributed by atoms with Crippen molar-refractivity contribution >= 4 is 57.5 Å². The Morgan fingerprint density at radius 3 is 1.52 bits per heavy atom. The van der Waals surface area contributed by atoms with Crippen LogP contribution in [0.25, 0.3) is 0 Å². The molecule has 0 saturated heterocycles. The van der Waals surface area contributed by atoms with E-state index in [9.17, 15) is 0 Å². The molecule has 0 aromatic heterocycles. The van der Waals surface area contributed by atoms with Gasteiger partial charge in [-0.1, -0.05) is 0 Å². The van der Waals surface area contributed by atoms with Crippen molar-refractivity contribution in [1.29, 1.82) is 0 Å². The third-order valence-electron chi connectivity index (χ3n) is 9.20. The minimum atomic E-state index is -3.12. The molecule has 0 heterocycles. The molecule has 0 aliphatic heterocycles. The van der Waals surface area contributed by atoms with Gasteiger partial charge in [0.05, 0.1) is 0 Å². The summed E-state index contributed by atoms with van der Waals surface area (Å²) in [7, 11) is -0.691. The van der Waals surface area contributed by atoms with E-state index in [4.69, 9.17) is 0 Å². The molecule has 44 heavy (non-hydrogen) atoms. The van der Waals surface area contributed by atoms with E-state index in [-0.39, 0.29) is 48.1 Å². The number of halogens is 3. The molecule has 3 aromatic carbocycles. The summed E-state index contributed by atoms with van der Waals surface area (Å²) >= 11 is -3.12. The Hall–Kier alpha value is -1.06. The summed E-state index contributed by atoms with van der Waals surface area (Å²) in [6.07, 6.45) is 9.40. The Labute approximate surface area is 293 Å². The fourth-order valence-electron chi connectivity index (χ4n) is 6.79. The molecule has 1 unspecified atom stereocenters. The molecule has 0 radical (unpaired) electrons. The normalized spacial score (nSPS) is 14.7. The van der Waals surface area contributed by atoms with Gasteiger partial charge in [-0.05, 0) is 0 Å². The van der Waals surface area contributed by atoms with Crippen LogP contribution in [0.4, 0.5) is 0 Å². The third kappa shape index (κ3) is 8.84. The number of hydrogen-bond donors (Lipinski definition) is 0. The van der Waals surface area contributed by atoms with E-state index in [2.05, 4.69) is 143 Å². The molecule has 0 amide bonds. The summed E-state index contributed by atoms with van der Waals surface area (Å²) in [4.78, 5) is 0. The number of benzene rings is 3. The molecule has 1 aliphatic carbocycles. The van der Waals surface area contributed by atoms with Crippen LogP contribution in [-0.2, 0) is 39.5 Å². The van der Waals surface area contributed by atoms with Crippen LogP contribution in [0.3, 0.4) is 0 Å². The smallest absolute Gasteiger partial charge is 0.147 e. The minimum Gasteiger partial charge on any atom is -0.147 e. The predicted molar refractivity (Wildman–Crippen MR) is 205 cm³/mol. The monoisotopic (exact) mass is 706 g/mol. The SMILES string of the molecule is CCC1=[C]([Ti]([SiH2]c2cc(C)cc(C)c2)([c]2cc(CC)cc(CC)c2)[c]2cc(C(C)(C)C)cc(C(C)(C)C)c2)CC=C1.Cl.Cl.Cl. The van der Waals surface area contributed by atoms with Gasteiger partial charge in [-0.3, -0.25) is 0 Å². The van der Waals surface area contributed by atoms with Gasteiger partial charge in [0.15, 0.2) is 0 Å². The van der Waals surface area contributed by atoms with Crippen molar-refractivity contribution < 1.29 is 15.8 Å². The fraction of sp³-hybridized carbons (Fsp3) is 0.436. The zero-order valence-corrected chi connectivity index (χ0v) is 34.5. The van der Waals surface area contributed by atoms with Gasteiger partial charge in [-0.25, -0.2) is 0 Å². The summed E-state index contributed by atoms with van der Waals surface area (Å²) in [5, 5.41) is 1.65. The van der Waals surface area contributed by atoms with Crippen molar-refractivity contribution in [1.82, 2.24) is 0 Å². The second-order valence-corrected chi connectivity index (χ2v) is 27.4.